The van der Waals surface area contributed by atoms with Gasteiger partial charge in [0.25, 0.3) is 0 Å². The molecule has 6 nitrogen and oxygen atoms in total. The topological polar surface area (TPSA) is 77.5 Å². The summed E-state index contributed by atoms with van der Waals surface area (Å²) < 4.78 is 47.7. The first-order valence-electron chi connectivity index (χ1n) is 9.12. The van der Waals surface area contributed by atoms with E-state index in [0.29, 0.717) is 17.1 Å². The zero-order chi connectivity index (χ0) is 21.9. The van der Waals surface area contributed by atoms with Gasteiger partial charge in [-0.1, -0.05) is 18.2 Å². The third-order valence-electron chi connectivity index (χ3n) is 4.44. The van der Waals surface area contributed by atoms with Crippen molar-refractivity contribution in [1.29, 1.82) is 0 Å². The average molecular weight is 545 g/mol. The average Bonchev–Trinajstić information content (AvgIpc) is 3.04. The fourth-order valence-corrected chi connectivity index (χ4v) is 3.08. The van der Waals surface area contributed by atoms with Gasteiger partial charge in [-0.05, 0) is 49.7 Å². The molecule has 31 heavy (non-hydrogen) atoms. The van der Waals surface area contributed by atoms with Gasteiger partial charge in [0.1, 0.15) is 5.75 Å². The first kappa shape index (κ1) is 24.5. The number of benzene rings is 2. The van der Waals surface area contributed by atoms with Gasteiger partial charge in [0.05, 0.1) is 36.3 Å². The molecule has 0 saturated heterocycles. The molecule has 0 radical (unpaired) electrons. The quantitative estimate of drug-likeness (QED) is 0.267. The van der Waals surface area contributed by atoms with Crippen LogP contribution in [0.5, 0.6) is 5.75 Å². The van der Waals surface area contributed by atoms with E-state index in [0.717, 1.165) is 17.5 Å². The van der Waals surface area contributed by atoms with E-state index < -0.39 is 11.7 Å². The first-order chi connectivity index (χ1) is 14.2. The minimum Gasteiger partial charge on any atom is -0.495 e. The van der Waals surface area contributed by atoms with Gasteiger partial charge in [0, 0.05) is 5.69 Å². The predicted molar refractivity (Wildman–Crippen MR) is 125 cm³/mol. The van der Waals surface area contributed by atoms with Crippen LogP contribution in [-0.4, -0.2) is 22.8 Å². The second kappa shape index (κ2) is 10.0. The molecule has 1 heterocycles. The molecule has 0 saturated carbocycles. The van der Waals surface area contributed by atoms with E-state index in [1.807, 2.05) is 0 Å². The van der Waals surface area contributed by atoms with Crippen molar-refractivity contribution in [3.05, 3.63) is 71.0 Å². The lowest BCUT2D eigenvalue weighted by atomic mass is 10.1. The molecule has 0 fully saturated rings. The minimum atomic E-state index is -4.54. The molecule has 1 aromatic heterocycles. The van der Waals surface area contributed by atoms with Crippen LogP contribution in [0.3, 0.4) is 0 Å². The second-order valence-electron chi connectivity index (χ2n) is 6.70. The molecule has 0 amide bonds. The Morgan fingerprint density at radius 1 is 1.16 bits per heavy atom. The Morgan fingerprint density at radius 3 is 2.48 bits per heavy atom. The number of nitrogens with two attached hydrogens (primary N) is 1. The SMILES string of the molecule is COc1ccccc1NC(N)=NCc1ccc(-n2nc(C)cc2C)cc1C(F)(F)F.I. The third-order valence-corrected chi connectivity index (χ3v) is 4.44. The number of aliphatic imine (C=N–C) groups is 1. The van der Waals surface area contributed by atoms with Crippen molar-refractivity contribution in [2.75, 3.05) is 12.4 Å². The normalized spacial score (nSPS) is 11.7. The number of alkyl halides is 3. The highest BCUT2D eigenvalue weighted by atomic mass is 127. The molecule has 2 aromatic carbocycles. The Bertz CT molecular complexity index is 1080. The number of anilines is 1. The summed E-state index contributed by atoms with van der Waals surface area (Å²) >= 11 is 0. The molecule has 0 aliphatic heterocycles. The van der Waals surface area contributed by atoms with Crippen LogP contribution in [0.15, 0.2) is 53.5 Å². The summed E-state index contributed by atoms with van der Waals surface area (Å²) in [5.74, 6) is 0.524. The maximum absolute atomic E-state index is 13.7. The summed E-state index contributed by atoms with van der Waals surface area (Å²) in [6, 6.07) is 12.9. The molecule has 3 aromatic rings. The zero-order valence-electron chi connectivity index (χ0n) is 17.2. The molecule has 0 aliphatic rings. The molecule has 166 valence electrons. The van der Waals surface area contributed by atoms with Crippen molar-refractivity contribution in [3.8, 4) is 11.4 Å². The van der Waals surface area contributed by atoms with Crippen LogP contribution in [0, 0.1) is 13.8 Å². The van der Waals surface area contributed by atoms with Crippen molar-refractivity contribution in [2.45, 2.75) is 26.6 Å². The van der Waals surface area contributed by atoms with Crippen LogP contribution in [0.25, 0.3) is 5.69 Å². The van der Waals surface area contributed by atoms with Gasteiger partial charge >= 0.3 is 6.18 Å². The molecule has 0 unspecified atom stereocenters. The van der Waals surface area contributed by atoms with Crippen LogP contribution in [0.4, 0.5) is 18.9 Å². The van der Waals surface area contributed by atoms with Crippen molar-refractivity contribution in [3.63, 3.8) is 0 Å². The maximum Gasteiger partial charge on any atom is 0.416 e. The van der Waals surface area contributed by atoms with E-state index in [1.165, 1.54) is 17.9 Å². The number of hydrogen-bond acceptors (Lipinski definition) is 3. The number of methoxy groups -OCH3 is 1. The Balaban J connectivity index is 0.00000341. The van der Waals surface area contributed by atoms with Gasteiger partial charge in [-0.15, -0.1) is 24.0 Å². The largest absolute Gasteiger partial charge is 0.495 e. The number of rotatable bonds is 5. The monoisotopic (exact) mass is 545 g/mol. The summed E-state index contributed by atoms with van der Waals surface area (Å²) in [4.78, 5) is 4.07. The van der Waals surface area contributed by atoms with E-state index in [1.54, 1.807) is 50.2 Å². The summed E-state index contributed by atoms with van der Waals surface area (Å²) in [5, 5.41) is 7.10. The lowest BCUT2D eigenvalue weighted by Crippen LogP contribution is -2.23. The molecule has 3 N–H and O–H groups in total. The second-order valence-corrected chi connectivity index (χ2v) is 6.70. The Kier molecular flexibility index (Phi) is 7.93. The fraction of sp³-hybridized carbons (Fsp3) is 0.238. The zero-order valence-corrected chi connectivity index (χ0v) is 19.5. The predicted octanol–water partition coefficient (Wildman–Crippen LogP) is 5.06. The van der Waals surface area contributed by atoms with Gasteiger partial charge in [0.15, 0.2) is 5.96 Å². The van der Waals surface area contributed by atoms with Crippen LogP contribution in [0.2, 0.25) is 0 Å². The van der Waals surface area contributed by atoms with Gasteiger partial charge in [-0.3, -0.25) is 0 Å². The number of aromatic nitrogens is 2. The van der Waals surface area contributed by atoms with Crippen molar-refractivity contribution < 1.29 is 17.9 Å². The number of ether oxygens (including phenoxy) is 1. The summed E-state index contributed by atoms with van der Waals surface area (Å²) in [6.45, 7) is 3.34. The molecular formula is C21H23F3IN5O. The van der Waals surface area contributed by atoms with Gasteiger partial charge in [0.2, 0.25) is 0 Å². The molecule has 0 aliphatic carbocycles. The Labute approximate surface area is 195 Å². The summed E-state index contributed by atoms with van der Waals surface area (Å²) in [5.41, 5.74) is 7.48. The van der Waals surface area contributed by atoms with E-state index in [9.17, 15) is 13.2 Å². The number of nitrogens with zero attached hydrogens (tertiary/aromatic N) is 3. The van der Waals surface area contributed by atoms with Crippen LogP contribution in [-0.2, 0) is 12.7 Å². The van der Waals surface area contributed by atoms with Crippen molar-refractivity contribution >= 4 is 35.6 Å². The number of para-hydroxylation sites is 2. The molecule has 3 rings (SSSR count). The molecular weight excluding hydrogens is 522 g/mol. The standard InChI is InChI=1S/C21H22F3N5O.HI/c1-13-10-14(2)29(28-13)16-9-8-15(17(11-16)21(22,23)24)12-26-20(25)27-18-6-4-5-7-19(18)30-3;/h4-11H,12H2,1-3H3,(H3,25,26,27);1H. The summed E-state index contributed by atoms with van der Waals surface area (Å²) in [6.07, 6.45) is -4.54. The minimum absolute atomic E-state index is 0. The highest BCUT2D eigenvalue weighted by Gasteiger charge is 2.33. The summed E-state index contributed by atoms with van der Waals surface area (Å²) in [7, 11) is 1.51. The van der Waals surface area contributed by atoms with E-state index in [2.05, 4.69) is 15.4 Å². The van der Waals surface area contributed by atoms with E-state index >= 15 is 0 Å². The van der Waals surface area contributed by atoms with Gasteiger partial charge < -0.3 is 15.8 Å². The highest BCUT2D eigenvalue weighted by molar-refractivity contribution is 14.0. The van der Waals surface area contributed by atoms with E-state index in [4.69, 9.17) is 10.5 Å². The Hall–Kier alpha value is -2.76. The molecule has 0 atom stereocenters. The van der Waals surface area contributed by atoms with Crippen LogP contribution < -0.4 is 15.8 Å². The maximum atomic E-state index is 13.7. The van der Waals surface area contributed by atoms with Crippen LogP contribution in [0.1, 0.15) is 22.5 Å². The van der Waals surface area contributed by atoms with Crippen LogP contribution >= 0.6 is 24.0 Å². The number of nitrogens with one attached hydrogen (secondary N) is 1. The lowest BCUT2D eigenvalue weighted by molar-refractivity contribution is -0.138. The van der Waals surface area contributed by atoms with Gasteiger partial charge in [-0.2, -0.15) is 18.3 Å². The van der Waals surface area contributed by atoms with Crippen molar-refractivity contribution in [1.82, 2.24) is 9.78 Å². The highest BCUT2D eigenvalue weighted by Crippen LogP contribution is 2.34. The number of aryl methyl sites for hydroxylation is 2. The number of hydrogen-bond donors (Lipinski definition) is 2. The first-order valence-corrected chi connectivity index (χ1v) is 9.12. The third kappa shape index (κ3) is 5.90. The fourth-order valence-electron chi connectivity index (χ4n) is 3.08. The smallest absolute Gasteiger partial charge is 0.416 e. The van der Waals surface area contributed by atoms with Crippen molar-refractivity contribution in [2.24, 2.45) is 10.7 Å². The molecule has 0 bridgehead atoms. The molecule has 0 spiro atoms. The van der Waals surface area contributed by atoms with E-state index in [-0.39, 0.29) is 42.0 Å². The lowest BCUT2D eigenvalue weighted by Gasteiger charge is -2.15. The molecule has 10 heteroatoms. The van der Waals surface area contributed by atoms with Gasteiger partial charge in [-0.25, -0.2) is 9.67 Å². The number of halogens is 4. The number of guanidine groups is 1. The Morgan fingerprint density at radius 2 is 1.87 bits per heavy atom.